The van der Waals surface area contributed by atoms with E-state index in [1.54, 1.807) is 30.5 Å². The molecule has 4 rings (SSSR count). The number of aliphatic imine (C=N–C) groups is 1. The molecule has 0 bridgehead atoms. The van der Waals surface area contributed by atoms with Gasteiger partial charge in [0.1, 0.15) is 30.6 Å². The van der Waals surface area contributed by atoms with E-state index < -0.39 is 10.7 Å². The molecule has 3 heterocycles. The highest BCUT2D eigenvalue weighted by atomic mass is 79.9. The number of allylic oxidation sites excluding steroid dienone is 1. The normalized spacial score (nSPS) is 13.6. The molecule has 2 aromatic heterocycles. The number of quaternary nitrogens is 1. The smallest absolute Gasteiger partial charge is 0.358 e. The predicted octanol–water partition coefficient (Wildman–Crippen LogP) is 4.27. The first-order valence-corrected chi connectivity index (χ1v) is 12.5. The number of likely N-dealkylation sites (N-methyl/N-ethyl adjacent to an activating group) is 1. The largest absolute Gasteiger partial charge is 0.369 e. The zero-order valence-electron chi connectivity index (χ0n) is 21.1. The molecule has 13 heteroatoms. The molecule has 0 saturated carbocycles. The van der Waals surface area contributed by atoms with Gasteiger partial charge in [0.05, 0.1) is 55.2 Å². The van der Waals surface area contributed by atoms with Gasteiger partial charge in [0.25, 0.3) is 0 Å². The molecule has 198 valence electrons. The van der Waals surface area contributed by atoms with Gasteiger partial charge >= 0.3 is 5.82 Å². The molecule has 0 spiro atoms. The first-order valence-electron chi connectivity index (χ1n) is 11.7. The van der Waals surface area contributed by atoms with E-state index in [9.17, 15) is 19.3 Å². The SMILES string of the molecule is C[N+](C)(C/C=C/C(=O)Cc1cc2c(Nc3ccc(Br)c(F)c3)ncnc2cn1)CC1=C([N+](=O)[O-])N=C(C#N)C1. The van der Waals surface area contributed by atoms with Crippen LogP contribution in [0.5, 0.6) is 0 Å². The van der Waals surface area contributed by atoms with Crippen molar-refractivity contribution in [3.63, 3.8) is 0 Å². The fraction of sp³-hybridized carbons (Fsp3) is 0.231. The second kappa shape index (κ2) is 11.5. The highest BCUT2D eigenvalue weighted by Crippen LogP contribution is 2.26. The zero-order valence-corrected chi connectivity index (χ0v) is 22.6. The monoisotopic (exact) mass is 593 g/mol. The number of carbonyl (C=O) groups is 1. The molecular formula is C26H23BrFN8O3+. The fourth-order valence-electron chi connectivity index (χ4n) is 4.09. The van der Waals surface area contributed by atoms with Gasteiger partial charge in [-0.2, -0.15) is 5.26 Å². The summed E-state index contributed by atoms with van der Waals surface area (Å²) in [5.41, 5.74) is 2.19. The number of ketones is 1. The molecular weight excluding hydrogens is 571 g/mol. The van der Waals surface area contributed by atoms with Crippen molar-refractivity contribution < 1.29 is 18.6 Å². The number of aromatic nitrogens is 3. The molecule has 39 heavy (non-hydrogen) atoms. The van der Waals surface area contributed by atoms with Crippen LogP contribution < -0.4 is 5.32 Å². The fourth-order valence-corrected chi connectivity index (χ4v) is 4.33. The van der Waals surface area contributed by atoms with E-state index in [4.69, 9.17) is 5.26 Å². The number of pyridine rings is 1. The average Bonchev–Trinajstić information content (AvgIpc) is 3.29. The van der Waals surface area contributed by atoms with Crippen LogP contribution in [0.1, 0.15) is 12.1 Å². The molecule has 1 aliphatic heterocycles. The van der Waals surface area contributed by atoms with Crippen molar-refractivity contribution >= 4 is 49.8 Å². The van der Waals surface area contributed by atoms with Gasteiger partial charge in [0, 0.05) is 16.8 Å². The number of hydrogen-bond donors (Lipinski definition) is 1. The van der Waals surface area contributed by atoms with Gasteiger partial charge in [-0.05, 0) is 62.3 Å². The van der Waals surface area contributed by atoms with Crippen molar-refractivity contribution in [1.29, 1.82) is 5.26 Å². The van der Waals surface area contributed by atoms with Crippen molar-refractivity contribution in [1.82, 2.24) is 15.0 Å². The highest BCUT2D eigenvalue weighted by Gasteiger charge is 2.33. The number of nitro groups is 1. The van der Waals surface area contributed by atoms with Crippen LogP contribution in [0.15, 0.2) is 69.8 Å². The number of nitriles is 1. The van der Waals surface area contributed by atoms with E-state index in [0.29, 0.717) is 55.7 Å². The number of nitrogens with one attached hydrogen (secondary N) is 1. The summed E-state index contributed by atoms with van der Waals surface area (Å²) in [4.78, 5) is 40.0. The van der Waals surface area contributed by atoms with Crippen LogP contribution in [0.2, 0.25) is 0 Å². The Morgan fingerprint density at radius 1 is 1.31 bits per heavy atom. The maximum atomic E-state index is 13.9. The maximum Gasteiger partial charge on any atom is 0.369 e. The van der Waals surface area contributed by atoms with E-state index in [1.165, 1.54) is 18.5 Å². The van der Waals surface area contributed by atoms with E-state index in [-0.39, 0.29) is 30.2 Å². The van der Waals surface area contributed by atoms with Gasteiger partial charge in [0.2, 0.25) is 5.71 Å². The predicted molar refractivity (Wildman–Crippen MR) is 146 cm³/mol. The van der Waals surface area contributed by atoms with Crippen LogP contribution in [0.4, 0.5) is 15.9 Å². The molecule has 1 aromatic carbocycles. The number of nitrogens with zero attached hydrogens (tertiary/aromatic N) is 7. The molecule has 0 unspecified atom stereocenters. The van der Waals surface area contributed by atoms with Gasteiger partial charge in [-0.25, -0.2) is 14.4 Å². The average molecular weight is 594 g/mol. The van der Waals surface area contributed by atoms with Gasteiger partial charge in [-0.3, -0.25) is 9.78 Å². The molecule has 0 aliphatic carbocycles. The number of fused-ring (bicyclic) bond motifs is 1. The third-order valence-electron chi connectivity index (χ3n) is 5.88. The minimum atomic E-state index is -0.571. The number of halogens is 2. The quantitative estimate of drug-likeness (QED) is 0.158. The minimum Gasteiger partial charge on any atom is -0.358 e. The Morgan fingerprint density at radius 3 is 2.82 bits per heavy atom. The van der Waals surface area contributed by atoms with Crippen molar-refractivity contribution in [3.05, 3.63) is 86.4 Å². The number of anilines is 2. The Labute approximate surface area is 231 Å². The number of benzene rings is 1. The Hall–Kier alpha value is -4.41. The van der Waals surface area contributed by atoms with E-state index >= 15 is 0 Å². The molecule has 0 atom stereocenters. The lowest BCUT2D eigenvalue weighted by atomic mass is 10.1. The third-order valence-corrected chi connectivity index (χ3v) is 6.52. The minimum absolute atomic E-state index is 0.0388. The summed E-state index contributed by atoms with van der Waals surface area (Å²) in [5, 5.41) is 24.0. The van der Waals surface area contributed by atoms with Crippen molar-refractivity contribution in [2.75, 3.05) is 32.5 Å². The standard InChI is InChI=1S/C26H23BrFN8O3/c1-36(2,14-16-8-19(12-29)34-26(16)35(38)39)7-3-4-20(37)9-18-10-21-24(13-30-18)31-15-32-25(21)33-17-5-6-22(27)23(28)11-17/h3-6,10-11,13,15H,7-9,14H2,1-2H3,(H,31,32,33)/q+1/b4-3+. The molecule has 0 saturated heterocycles. The summed E-state index contributed by atoms with van der Waals surface area (Å²) >= 11 is 3.13. The summed E-state index contributed by atoms with van der Waals surface area (Å²) < 4.78 is 14.6. The zero-order chi connectivity index (χ0) is 28.2. The topological polar surface area (TPSA) is 147 Å². The van der Waals surface area contributed by atoms with Crippen LogP contribution in [0.25, 0.3) is 10.9 Å². The lowest BCUT2D eigenvalue weighted by Crippen LogP contribution is -2.41. The van der Waals surface area contributed by atoms with Crippen LogP contribution in [0, 0.1) is 27.3 Å². The lowest BCUT2D eigenvalue weighted by molar-refractivity contribution is -0.880. The number of hydrogen-bond acceptors (Lipinski definition) is 9. The summed E-state index contributed by atoms with van der Waals surface area (Å²) in [6.45, 7) is 0.743. The molecule has 1 aliphatic rings. The molecule has 1 N–H and O–H groups in total. The summed E-state index contributed by atoms with van der Waals surface area (Å²) in [7, 11) is 3.75. The molecule has 3 aromatic rings. The van der Waals surface area contributed by atoms with Crippen LogP contribution in [-0.4, -0.2) is 63.0 Å². The molecule has 11 nitrogen and oxygen atoms in total. The van der Waals surface area contributed by atoms with Crippen molar-refractivity contribution in [2.45, 2.75) is 12.8 Å². The second-order valence-electron chi connectivity index (χ2n) is 9.52. The summed E-state index contributed by atoms with van der Waals surface area (Å²) in [5.74, 6) is -0.419. The van der Waals surface area contributed by atoms with Crippen LogP contribution in [-0.2, 0) is 11.2 Å². The van der Waals surface area contributed by atoms with Crippen molar-refractivity contribution in [3.8, 4) is 6.07 Å². The van der Waals surface area contributed by atoms with Gasteiger partial charge in [-0.15, -0.1) is 0 Å². The van der Waals surface area contributed by atoms with Gasteiger partial charge in [0.15, 0.2) is 5.78 Å². The van der Waals surface area contributed by atoms with Crippen molar-refractivity contribution in [2.24, 2.45) is 4.99 Å². The van der Waals surface area contributed by atoms with Gasteiger partial charge in [-0.1, -0.05) is 0 Å². The maximum absolute atomic E-state index is 13.9. The lowest BCUT2D eigenvalue weighted by Gasteiger charge is -2.28. The van der Waals surface area contributed by atoms with E-state index in [1.807, 2.05) is 20.2 Å². The highest BCUT2D eigenvalue weighted by molar-refractivity contribution is 9.10. The Kier molecular flexibility index (Phi) is 8.18. The molecule has 0 fully saturated rings. The Morgan fingerprint density at radius 2 is 2.10 bits per heavy atom. The first kappa shape index (κ1) is 27.6. The summed E-state index contributed by atoms with van der Waals surface area (Å²) in [6.07, 6.45) is 6.30. The third kappa shape index (κ3) is 6.92. The van der Waals surface area contributed by atoms with Crippen LogP contribution >= 0.6 is 15.9 Å². The molecule has 0 amide bonds. The summed E-state index contributed by atoms with van der Waals surface area (Å²) in [6, 6.07) is 8.23. The Balaban J connectivity index is 1.42. The number of rotatable bonds is 10. The number of carbonyl (C=O) groups excluding carboxylic acids is 1. The van der Waals surface area contributed by atoms with Crippen LogP contribution in [0.3, 0.4) is 0 Å². The molecule has 0 radical (unpaired) electrons. The van der Waals surface area contributed by atoms with Gasteiger partial charge < -0.3 is 19.9 Å². The first-order chi connectivity index (χ1) is 18.5. The second-order valence-corrected chi connectivity index (χ2v) is 10.4. The Bertz CT molecular complexity index is 1610. The van der Waals surface area contributed by atoms with E-state index in [0.717, 1.165) is 0 Å². The van der Waals surface area contributed by atoms with E-state index in [2.05, 4.69) is 41.2 Å².